The first kappa shape index (κ1) is 21.0. The van der Waals surface area contributed by atoms with Crippen LogP contribution in [0.15, 0.2) is 28.9 Å². The average Bonchev–Trinajstić information content (AvgIpc) is 3.41. The maximum Gasteiger partial charge on any atom is 0.494 e. The van der Waals surface area contributed by atoms with E-state index in [0.717, 1.165) is 23.9 Å². The van der Waals surface area contributed by atoms with Crippen molar-refractivity contribution in [2.75, 3.05) is 7.05 Å². The molecule has 1 saturated heterocycles. The molecule has 156 valence electrons. The Bertz CT molecular complexity index is 859. The lowest BCUT2D eigenvalue weighted by molar-refractivity contribution is 0.00578. The summed E-state index contributed by atoms with van der Waals surface area (Å²) in [6.07, 6.45) is 3.17. The molecule has 2 aliphatic heterocycles. The Labute approximate surface area is 181 Å². The van der Waals surface area contributed by atoms with Gasteiger partial charge in [-0.15, -0.1) is 5.10 Å². The molecule has 1 aromatic rings. The van der Waals surface area contributed by atoms with Crippen molar-refractivity contribution in [3.05, 3.63) is 33.8 Å². The average molecular weight is 439 g/mol. The van der Waals surface area contributed by atoms with E-state index in [-0.39, 0.29) is 0 Å². The standard InChI is InChI=1S/C20H25BCl2N2O4/c1-19(2)20(3,4)29-21(28-19)12-8-14(22)17(15(23)9-12)27-16-10-13(11-6-7-11)18(26)25(5)24-16/h8-11,18,26H,6-7H2,1-5H3. The van der Waals surface area contributed by atoms with Gasteiger partial charge in [-0.05, 0) is 69.6 Å². The molecular formula is C20H25BCl2N2O4. The van der Waals surface area contributed by atoms with Crippen molar-refractivity contribution >= 4 is 41.7 Å². The number of likely N-dealkylation sites (N-methyl/N-ethyl adjacent to an activating group) is 1. The number of hydrogen-bond acceptors (Lipinski definition) is 6. The minimum absolute atomic E-state index is 0.309. The molecule has 4 rings (SSSR count). The van der Waals surface area contributed by atoms with E-state index in [1.54, 1.807) is 25.3 Å². The molecule has 0 amide bonds. The zero-order valence-electron chi connectivity index (χ0n) is 17.2. The second kappa shape index (κ2) is 7.17. The van der Waals surface area contributed by atoms with Gasteiger partial charge in [0, 0.05) is 13.1 Å². The van der Waals surface area contributed by atoms with Crippen LogP contribution in [0.4, 0.5) is 0 Å². The maximum atomic E-state index is 10.3. The van der Waals surface area contributed by atoms with Crippen LogP contribution < -0.4 is 10.2 Å². The Hall–Kier alpha value is -1.25. The fourth-order valence-corrected chi connectivity index (χ4v) is 3.94. The van der Waals surface area contributed by atoms with Crippen molar-refractivity contribution in [1.29, 1.82) is 0 Å². The first-order valence-corrected chi connectivity index (χ1v) is 10.5. The van der Waals surface area contributed by atoms with Gasteiger partial charge < -0.3 is 19.2 Å². The van der Waals surface area contributed by atoms with Gasteiger partial charge in [0.2, 0.25) is 5.90 Å². The zero-order chi connectivity index (χ0) is 21.1. The van der Waals surface area contributed by atoms with E-state index in [4.69, 9.17) is 37.2 Å². The summed E-state index contributed by atoms with van der Waals surface area (Å²) in [5, 5.41) is 16.7. The lowest BCUT2D eigenvalue weighted by Crippen LogP contribution is -2.41. The van der Waals surface area contributed by atoms with Crippen LogP contribution in [0.5, 0.6) is 5.75 Å². The normalized spacial score (nSPS) is 25.7. The molecular weight excluding hydrogens is 414 g/mol. The van der Waals surface area contributed by atoms with Crippen molar-refractivity contribution in [3.63, 3.8) is 0 Å². The highest BCUT2D eigenvalue weighted by molar-refractivity contribution is 6.63. The summed E-state index contributed by atoms with van der Waals surface area (Å²) < 4.78 is 18.1. The van der Waals surface area contributed by atoms with Crippen molar-refractivity contribution in [3.8, 4) is 5.75 Å². The van der Waals surface area contributed by atoms with Gasteiger partial charge in [0.25, 0.3) is 0 Å². The van der Waals surface area contributed by atoms with E-state index in [0.29, 0.717) is 27.6 Å². The first-order valence-electron chi connectivity index (χ1n) is 9.72. The summed E-state index contributed by atoms with van der Waals surface area (Å²) in [5.74, 6) is 1.02. The molecule has 0 bridgehead atoms. The van der Waals surface area contributed by atoms with E-state index in [9.17, 15) is 5.11 Å². The molecule has 1 saturated carbocycles. The first-order chi connectivity index (χ1) is 13.5. The molecule has 1 atom stereocenters. The third-order valence-corrected chi connectivity index (χ3v) is 6.56. The predicted molar refractivity (Wildman–Crippen MR) is 115 cm³/mol. The Balaban J connectivity index is 1.58. The lowest BCUT2D eigenvalue weighted by atomic mass is 9.79. The minimum Gasteiger partial charge on any atom is -0.434 e. The summed E-state index contributed by atoms with van der Waals surface area (Å²) in [7, 11) is 1.13. The number of aliphatic hydroxyl groups excluding tert-OH is 1. The Morgan fingerprint density at radius 3 is 2.21 bits per heavy atom. The van der Waals surface area contributed by atoms with Crippen LogP contribution in [-0.4, -0.2) is 47.6 Å². The molecule has 1 N–H and O–H groups in total. The highest BCUT2D eigenvalue weighted by Crippen LogP contribution is 2.41. The van der Waals surface area contributed by atoms with Gasteiger partial charge in [0.15, 0.2) is 12.0 Å². The highest BCUT2D eigenvalue weighted by atomic mass is 35.5. The molecule has 6 nitrogen and oxygen atoms in total. The van der Waals surface area contributed by atoms with E-state index in [1.807, 2.05) is 27.7 Å². The van der Waals surface area contributed by atoms with Crippen LogP contribution in [0.25, 0.3) is 0 Å². The van der Waals surface area contributed by atoms with Crippen molar-refractivity contribution in [2.24, 2.45) is 11.0 Å². The Morgan fingerprint density at radius 2 is 1.69 bits per heavy atom. The summed E-state index contributed by atoms with van der Waals surface area (Å²) in [6, 6.07) is 3.47. The van der Waals surface area contributed by atoms with Gasteiger partial charge in [0.05, 0.1) is 21.2 Å². The van der Waals surface area contributed by atoms with Crippen LogP contribution in [-0.2, 0) is 9.31 Å². The molecule has 0 radical (unpaired) electrons. The fraction of sp³-hybridized carbons (Fsp3) is 0.550. The number of halogens is 2. The molecule has 1 aliphatic carbocycles. The second-order valence-corrected chi connectivity index (χ2v) is 9.62. The number of benzene rings is 1. The van der Waals surface area contributed by atoms with Crippen LogP contribution in [0, 0.1) is 5.92 Å². The number of ether oxygens (including phenoxy) is 1. The molecule has 3 aliphatic rings. The van der Waals surface area contributed by atoms with Crippen molar-refractivity contribution < 1.29 is 19.2 Å². The third kappa shape index (κ3) is 3.91. The van der Waals surface area contributed by atoms with Gasteiger partial charge in [-0.2, -0.15) is 0 Å². The number of nitrogens with zero attached hydrogens (tertiary/aromatic N) is 2. The van der Waals surface area contributed by atoms with Crippen LogP contribution in [0.1, 0.15) is 40.5 Å². The SMILES string of the molecule is CN1N=C(Oc2c(Cl)cc(B3OC(C)(C)C(C)(C)O3)cc2Cl)C=C(C2CC2)C1O. The maximum absolute atomic E-state index is 10.3. The highest BCUT2D eigenvalue weighted by Gasteiger charge is 2.52. The monoisotopic (exact) mass is 438 g/mol. The Kier molecular flexibility index (Phi) is 5.19. The van der Waals surface area contributed by atoms with Gasteiger partial charge in [-0.1, -0.05) is 23.2 Å². The number of rotatable bonds is 3. The lowest BCUT2D eigenvalue weighted by Gasteiger charge is -2.32. The minimum atomic E-state index is -0.730. The van der Waals surface area contributed by atoms with Crippen LogP contribution >= 0.6 is 23.2 Å². The second-order valence-electron chi connectivity index (χ2n) is 8.81. The third-order valence-electron chi connectivity index (χ3n) is 6.00. The number of aliphatic hydroxyl groups is 1. The smallest absolute Gasteiger partial charge is 0.434 e. The number of hydrogen-bond donors (Lipinski definition) is 1. The van der Waals surface area contributed by atoms with E-state index >= 15 is 0 Å². The molecule has 29 heavy (non-hydrogen) atoms. The van der Waals surface area contributed by atoms with Gasteiger partial charge >= 0.3 is 7.12 Å². The van der Waals surface area contributed by atoms with Crippen molar-refractivity contribution in [2.45, 2.75) is 58.0 Å². The summed E-state index contributed by atoms with van der Waals surface area (Å²) in [6.45, 7) is 7.96. The molecule has 0 spiro atoms. The van der Waals surface area contributed by atoms with Crippen molar-refractivity contribution in [1.82, 2.24) is 5.01 Å². The molecule has 1 aromatic carbocycles. The van der Waals surface area contributed by atoms with Gasteiger partial charge in [0.1, 0.15) is 0 Å². The van der Waals surface area contributed by atoms with E-state index in [2.05, 4.69) is 5.10 Å². The molecule has 9 heteroatoms. The summed E-state index contributed by atoms with van der Waals surface area (Å²) >= 11 is 13.0. The topological polar surface area (TPSA) is 63.5 Å². The van der Waals surface area contributed by atoms with E-state index in [1.165, 1.54) is 5.01 Å². The summed E-state index contributed by atoms with van der Waals surface area (Å²) in [5.41, 5.74) is 0.702. The predicted octanol–water partition coefficient (Wildman–Crippen LogP) is 3.59. The molecule has 0 aromatic heterocycles. The largest absolute Gasteiger partial charge is 0.494 e. The Morgan fingerprint density at radius 1 is 1.14 bits per heavy atom. The molecule has 2 heterocycles. The molecule has 2 fully saturated rings. The number of hydrazone groups is 1. The van der Waals surface area contributed by atoms with E-state index < -0.39 is 24.5 Å². The van der Waals surface area contributed by atoms with Crippen LogP contribution in [0.2, 0.25) is 10.0 Å². The van der Waals surface area contributed by atoms with Crippen LogP contribution in [0.3, 0.4) is 0 Å². The summed E-state index contributed by atoms with van der Waals surface area (Å²) in [4.78, 5) is 0. The van der Waals surface area contributed by atoms with Gasteiger partial charge in [-0.25, -0.2) is 0 Å². The zero-order valence-corrected chi connectivity index (χ0v) is 18.7. The fourth-order valence-electron chi connectivity index (χ4n) is 3.36. The molecule has 1 unspecified atom stereocenters. The quantitative estimate of drug-likeness (QED) is 0.730. The van der Waals surface area contributed by atoms with Gasteiger partial charge in [-0.3, -0.25) is 5.01 Å².